The van der Waals surface area contributed by atoms with Gasteiger partial charge >= 0.3 is 0 Å². The topological polar surface area (TPSA) is 88.5 Å². The number of carbonyl (C=O) groups excluding carboxylic acids is 1. The van der Waals surface area contributed by atoms with Crippen molar-refractivity contribution in [1.82, 2.24) is 9.88 Å². The van der Waals surface area contributed by atoms with Gasteiger partial charge in [0.05, 0.1) is 12.2 Å². The highest BCUT2D eigenvalue weighted by molar-refractivity contribution is 5.76. The maximum absolute atomic E-state index is 10.8. The lowest BCUT2D eigenvalue weighted by atomic mass is 10.3. The van der Waals surface area contributed by atoms with E-state index in [-0.39, 0.29) is 5.91 Å². The van der Waals surface area contributed by atoms with Gasteiger partial charge in [-0.25, -0.2) is 4.98 Å². The Labute approximate surface area is 100 Å². The zero-order chi connectivity index (χ0) is 12.3. The zero-order valence-electron chi connectivity index (χ0n) is 9.67. The average molecular weight is 235 g/mol. The summed E-state index contributed by atoms with van der Waals surface area (Å²) < 4.78 is 0. The molecule has 0 radical (unpaired) electrons. The third-order valence-corrected chi connectivity index (χ3v) is 2.87. The van der Waals surface area contributed by atoms with Crippen LogP contribution >= 0.6 is 0 Å². The number of pyridine rings is 1. The van der Waals surface area contributed by atoms with Crippen molar-refractivity contribution < 1.29 is 4.79 Å². The van der Waals surface area contributed by atoms with Crippen LogP contribution < -0.4 is 16.4 Å². The minimum Gasteiger partial charge on any atom is -0.396 e. The molecule has 1 aromatic rings. The van der Waals surface area contributed by atoms with Gasteiger partial charge in [-0.05, 0) is 12.1 Å². The highest BCUT2D eigenvalue weighted by Crippen LogP contribution is 2.20. The number of primary amides is 1. The minimum atomic E-state index is -0.282. The van der Waals surface area contributed by atoms with Crippen LogP contribution in [0.4, 0.5) is 11.5 Å². The van der Waals surface area contributed by atoms with Gasteiger partial charge in [0, 0.05) is 32.4 Å². The van der Waals surface area contributed by atoms with E-state index in [1.807, 2.05) is 17.0 Å². The summed E-state index contributed by atoms with van der Waals surface area (Å²) in [7, 11) is 0. The van der Waals surface area contributed by atoms with Crippen molar-refractivity contribution in [2.24, 2.45) is 5.73 Å². The van der Waals surface area contributed by atoms with E-state index in [1.165, 1.54) is 0 Å². The molecule has 6 heteroatoms. The Bertz CT molecular complexity index is 401. The number of hydrogen-bond donors (Lipinski definition) is 2. The van der Waals surface area contributed by atoms with Crippen molar-refractivity contribution in [3.8, 4) is 0 Å². The molecule has 0 unspecified atom stereocenters. The van der Waals surface area contributed by atoms with Gasteiger partial charge in [-0.1, -0.05) is 0 Å². The smallest absolute Gasteiger partial charge is 0.231 e. The summed E-state index contributed by atoms with van der Waals surface area (Å²) in [6, 6.07) is 3.67. The Kier molecular flexibility index (Phi) is 3.43. The fraction of sp³-hybridized carbons (Fsp3) is 0.455. The van der Waals surface area contributed by atoms with Crippen LogP contribution in [0.15, 0.2) is 18.3 Å². The molecule has 1 aromatic heterocycles. The van der Waals surface area contributed by atoms with Crippen molar-refractivity contribution in [2.75, 3.05) is 43.4 Å². The maximum Gasteiger partial charge on any atom is 0.231 e. The van der Waals surface area contributed by atoms with Gasteiger partial charge in [-0.3, -0.25) is 9.69 Å². The van der Waals surface area contributed by atoms with Crippen molar-refractivity contribution in [2.45, 2.75) is 0 Å². The summed E-state index contributed by atoms with van der Waals surface area (Å²) in [6.45, 7) is 3.56. The summed E-state index contributed by atoms with van der Waals surface area (Å²) in [5.74, 6) is 0.544. The van der Waals surface area contributed by atoms with E-state index in [0.29, 0.717) is 12.2 Å². The molecule has 6 nitrogen and oxygen atoms in total. The molecule has 0 saturated carbocycles. The zero-order valence-corrected chi connectivity index (χ0v) is 9.67. The first-order valence-electron chi connectivity index (χ1n) is 5.63. The molecule has 17 heavy (non-hydrogen) atoms. The summed E-state index contributed by atoms with van der Waals surface area (Å²) in [5, 5.41) is 0. The molecule has 0 bridgehead atoms. The quantitative estimate of drug-likeness (QED) is 0.721. The number of anilines is 2. The van der Waals surface area contributed by atoms with Crippen LogP contribution in [0.2, 0.25) is 0 Å². The molecular weight excluding hydrogens is 218 g/mol. The minimum absolute atomic E-state index is 0.282. The largest absolute Gasteiger partial charge is 0.396 e. The molecular formula is C11H17N5O. The van der Waals surface area contributed by atoms with E-state index in [2.05, 4.69) is 9.88 Å². The Morgan fingerprint density at radius 1 is 1.35 bits per heavy atom. The first-order valence-corrected chi connectivity index (χ1v) is 5.63. The second kappa shape index (κ2) is 5.01. The molecule has 1 saturated heterocycles. The lowest BCUT2D eigenvalue weighted by Gasteiger charge is -2.35. The van der Waals surface area contributed by atoms with Crippen LogP contribution in [0.1, 0.15) is 0 Å². The van der Waals surface area contributed by atoms with Crippen molar-refractivity contribution >= 4 is 17.4 Å². The lowest BCUT2D eigenvalue weighted by Crippen LogP contribution is -2.49. The standard InChI is InChI=1S/C11H17N5O/c12-9-2-1-3-14-11(9)16-6-4-15(5-7-16)8-10(13)17/h1-3H,4-8,12H2,(H2,13,17). The molecule has 0 spiro atoms. The number of amides is 1. The summed E-state index contributed by atoms with van der Waals surface area (Å²) in [6.07, 6.45) is 1.74. The molecule has 1 aliphatic heterocycles. The highest BCUT2D eigenvalue weighted by atomic mass is 16.1. The van der Waals surface area contributed by atoms with Crippen LogP contribution in [0, 0.1) is 0 Å². The van der Waals surface area contributed by atoms with Crippen LogP contribution in [-0.4, -0.2) is 48.5 Å². The van der Waals surface area contributed by atoms with Gasteiger partial charge in [0.1, 0.15) is 0 Å². The number of nitrogens with two attached hydrogens (primary N) is 2. The van der Waals surface area contributed by atoms with Crippen molar-refractivity contribution in [3.05, 3.63) is 18.3 Å². The molecule has 2 heterocycles. The predicted molar refractivity (Wildman–Crippen MR) is 66.5 cm³/mol. The summed E-state index contributed by atoms with van der Waals surface area (Å²) in [5.41, 5.74) is 11.7. The van der Waals surface area contributed by atoms with Crippen LogP contribution in [0.25, 0.3) is 0 Å². The van der Waals surface area contributed by atoms with Gasteiger partial charge in [0.15, 0.2) is 5.82 Å². The fourth-order valence-corrected chi connectivity index (χ4v) is 2.01. The van der Waals surface area contributed by atoms with Crippen LogP contribution in [0.5, 0.6) is 0 Å². The average Bonchev–Trinajstić information content (AvgIpc) is 2.30. The van der Waals surface area contributed by atoms with E-state index >= 15 is 0 Å². The van der Waals surface area contributed by atoms with Crippen molar-refractivity contribution in [3.63, 3.8) is 0 Å². The molecule has 1 aliphatic rings. The number of nitrogen functional groups attached to an aromatic ring is 1. The van der Waals surface area contributed by atoms with Gasteiger partial charge in [-0.15, -0.1) is 0 Å². The highest BCUT2D eigenvalue weighted by Gasteiger charge is 2.19. The number of aromatic nitrogens is 1. The number of nitrogens with zero attached hydrogens (tertiary/aromatic N) is 3. The first kappa shape index (κ1) is 11.7. The summed E-state index contributed by atoms with van der Waals surface area (Å²) in [4.78, 5) is 19.3. The Hall–Kier alpha value is -1.82. The fourth-order valence-electron chi connectivity index (χ4n) is 2.01. The number of hydrogen-bond acceptors (Lipinski definition) is 5. The second-order valence-electron chi connectivity index (χ2n) is 4.15. The van der Waals surface area contributed by atoms with Gasteiger partial charge in [0.25, 0.3) is 0 Å². The Morgan fingerprint density at radius 2 is 2.06 bits per heavy atom. The molecule has 1 fully saturated rings. The molecule has 0 aromatic carbocycles. The third kappa shape index (κ3) is 2.85. The maximum atomic E-state index is 10.8. The Balaban J connectivity index is 1.95. The number of rotatable bonds is 3. The molecule has 0 atom stereocenters. The van der Waals surface area contributed by atoms with Crippen molar-refractivity contribution in [1.29, 1.82) is 0 Å². The molecule has 1 amide bonds. The second-order valence-corrected chi connectivity index (χ2v) is 4.15. The molecule has 4 N–H and O–H groups in total. The first-order chi connectivity index (χ1) is 8.16. The normalized spacial score (nSPS) is 17.1. The van der Waals surface area contributed by atoms with E-state index < -0.39 is 0 Å². The van der Waals surface area contributed by atoms with Crippen LogP contribution in [-0.2, 0) is 4.79 Å². The third-order valence-electron chi connectivity index (χ3n) is 2.87. The predicted octanol–water partition coefficient (Wildman–Crippen LogP) is -0.729. The Morgan fingerprint density at radius 3 is 2.65 bits per heavy atom. The SMILES string of the molecule is NC(=O)CN1CCN(c2ncccc2N)CC1. The van der Waals surface area contributed by atoms with Gasteiger partial charge in [-0.2, -0.15) is 0 Å². The molecule has 2 rings (SSSR count). The van der Waals surface area contributed by atoms with E-state index in [4.69, 9.17) is 11.5 Å². The molecule has 0 aliphatic carbocycles. The van der Waals surface area contributed by atoms with E-state index in [0.717, 1.165) is 32.0 Å². The number of piperazine rings is 1. The van der Waals surface area contributed by atoms with Crippen LogP contribution in [0.3, 0.4) is 0 Å². The van der Waals surface area contributed by atoms with E-state index in [1.54, 1.807) is 6.20 Å². The van der Waals surface area contributed by atoms with Gasteiger partial charge in [0.2, 0.25) is 5.91 Å². The van der Waals surface area contributed by atoms with E-state index in [9.17, 15) is 4.79 Å². The van der Waals surface area contributed by atoms with Gasteiger partial charge < -0.3 is 16.4 Å². The molecule has 92 valence electrons. The number of carbonyl (C=O) groups is 1. The monoisotopic (exact) mass is 235 g/mol. The lowest BCUT2D eigenvalue weighted by molar-refractivity contribution is -0.119. The summed E-state index contributed by atoms with van der Waals surface area (Å²) >= 11 is 0.